The highest BCUT2D eigenvalue weighted by molar-refractivity contribution is 5.99. The van der Waals surface area contributed by atoms with E-state index in [0.29, 0.717) is 22.7 Å². The topological polar surface area (TPSA) is 100 Å². The van der Waals surface area contributed by atoms with Crippen LogP contribution < -0.4 is 15.9 Å². The first kappa shape index (κ1) is 16.0. The largest absolute Gasteiger partial charge is 0.484 e. The molecule has 0 aliphatic rings. The number of rotatable bonds is 5. The number of hydrogen-bond donors (Lipinski definition) is 2. The second-order valence-corrected chi connectivity index (χ2v) is 4.78. The molecule has 0 aliphatic carbocycles. The highest BCUT2D eigenvalue weighted by Gasteiger charge is 2.03. The van der Waals surface area contributed by atoms with E-state index in [0.717, 1.165) is 5.56 Å². The smallest absolute Gasteiger partial charge is 0.277 e. The molecule has 0 atom stereocenters. The van der Waals surface area contributed by atoms with Crippen LogP contribution in [0.25, 0.3) is 0 Å². The number of ether oxygens (including phenoxy) is 1. The fourth-order valence-electron chi connectivity index (χ4n) is 1.78. The summed E-state index contributed by atoms with van der Waals surface area (Å²) >= 11 is 0. The van der Waals surface area contributed by atoms with Crippen molar-refractivity contribution in [2.75, 3.05) is 12.3 Å². The van der Waals surface area contributed by atoms with E-state index in [9.17, 15) is 4.79 Å². The number of carbonyl (C=O) groups is 1. The number of nitrogen functional groups attached to an aromatic ring is 1. The van der Waals surface area contributed by atoms with Gasteiger partial charge in [0.2, 0.25) is 0 Å². The van der Waals surface area contributed by atoms with E-state index in [1.165, 1.54) is 0 Å². The van der Waals surface area contributed by atoms with Crippen molar-refractivity contribution in [3.05, 3.63) is 59.7 Å². The fourth-order valence-corrected chi connectivity index (χ4v) is 1.78. The lowest BCUT2D eigenvalue weighted by Crippen LogP contribution is -2.25. The second-order valence-electron chi connectivity index (χ2n) is 4.78. The Balaban J connectivity index is 1.87. The first-order chi connectivity index (χ1) is 11.1. The molecule has 0 heterocycles. The SMILES string of the molecule is C/C(=N/NC(=O)COc1ccc(C#N)cc1)c1cccc(N)c1. The van der Waals surface area contributed by atoms with Gasteiger partial charge in [-0.1, -0.05) is 12.1 Å². The Morgan fingerprint density at radius 2 is 2.04 bits per heavy atom. The molecule has 3 N–H and O–H groups in total. The number of hydrogen-bond acceptors (Lipinski definition) is 5. The quantitative estimate of drug-likeness (QED) is 0.501. The van der Waals surface area contributed by atoms with Gasteiger partial charge in [-0.15, -0.1) is 0 Å². The van der Waals surface area contributed by atoms with Crippen molar-refractivity contribution in [3.8, 4) is 11.8 Å². The Bertz CT molecular complexity index is 761. The molecule has 1 amide bonds. The first-order valence-corrected chi connectivity index (χ1v) is 6.90. The predicted octanol–water partition coefficient (Wildman–Crippen LogP) is 2.06. The van der Waals surface area contributed by atoms with Crippen molar-refractivity contribution in [3.63, 3.8) is 0 Å². The Labute approximate surface area is 134 Å². The third-order valence-corrected chi connectivity index (χ3v) is 3.01. The van der Waals surface area contributed by atoms with Gasteiger partial charge in [-0.2, -0.15) is 10.4 Å². The molecule has 6 heteroatoms. The minimum atomic E-state index is -0.377. The molecule has 0 bridgehead atoms. The molecule has 0 aromatic heterocycles. The number of hydrazone groups is 1. The Kier molecular flexibility index (Phi) is 5.31. The summed E-state index contributed by atoms with van der Waals surface area (Å²) in [5.41, 5.74) is 10.8. The van der Waals surface area contributed by atoms with Crippen LogP contribution in [0.5, 0.6) is 5.75 Å². The van der Waals surface area contributed by atoms with Gasteiger partial charge < -0.3 is 10.5 Å². The fraction of sp³-hybridized carbons (Fsp3) is 0.118. The summed E-state index contributed by atoms with van der Waals surface area (Å²) in [6, 6.07) is 15.7. The first-order valence-electron chi connectivity index (χ1n) is 6.90. The molecule has 0 radical (unpaired) electrons. The number of amides is 1. The Morgan fingerprint density at radius 3 is 2.70 bits per heavy atom. The molecule has 0 fully saturated rings. The van der Waals surface area contributed by atoms with Crippen molar-refractivity contribution in [2.45, 2.75) is 6.92 Å². The van der Waals surface area contributed by atoms with E-state index < -0.39 is 0 Å². The van der Waals surface area contributed by atoms with Crippen LogP contribution >= 0.6 is 0 Å². The van der Waals surface area contributed by atoms with Crippen molar-refractivity contribution in [1.82, 2.24) is 5.43 Å². The van der Waals surface area contributed by atoms with Gasteiger partial charge >= 0.3 is 0 Å². The van der Waals surface area contributed by atoms with E-state index in [1.54, 1.807) is 43.3 Å². The molecule has 0 spiro atoms. The maximum atomic E-state index is 11.7. The summed E-state index contributed by atoms with van der Waals surface area (Å²) in [4.78, 5) is 11.7. The zero-order valence-corrected chi connectivity index (χ0v) is 12.6. The van der Waals surface area contributed by atoms with Crippen LogP contribution in [-0.2, 0) is 4.79 Å². The molecular formula is C17H16N4O2. The molecule has 0 aliphatic heterocycles. The van der Waals surface area contributed by atoms with Crippen molar-refractivity contribution < 1.29 is 9.53 Å². The van der Waals surface area contributed by atoms with Gasteiger partial charge in [0.15, 0.2) is 6.61 Å². The summed E-state index contributed by atoms with van der Waals surface area (Å²) in [6.07, 6.45) is 0. The van der Waals surface area contributed by atoms with Crippen molar-refractivity contribution in [1.29, 1.82) is 5.26 Å². The average Bonchev–Trinajstić information content (AvgIpc) is 2.58. The van der Waals surface area contributed by atoms with Crippen molar-refractivity contribution >= 4 is 17.3 Å². The third kappa shape index (κ3) is 4.86. The molecule has 23 heavy (non-hydrogen) atoms. The summed E-state index contributed by atoms with van der Waals surface area (Å²) in [5, 5.41) is 12.7. The summed E-state index contributed by atoms with van der Waals surface area (Å²) < 4.78 is 5.31. The predicted molar refractivity (Wildman–Crippen MR) is 87.9 cm³/mol. The molecule has 2 aromatic carbocycles. The monoisotopic (exact) mass is 308 g/mol. The van der Waals surface area contributed by atoms with E-state index in [2.05, 4.69) is 10.5 Å². The molecule has 2 aromatic rings. The molecule has 0 saturated carbocycles. The zero-order chi connectivity index (χ0) is 16.7. The maximum absolute atomic E-state index is 11.7. The number of anilines is 1. The van der Waals surface area contributed by atoms with Gasteiger partial charge in [-0.3, -0.25) is 4.79 Å². The maximum Gasteiger partial charge on any atom is 0.277 e. The van der Waals surface area contributed by atoms with E-state index >= 15 is 0 Å². The lowest BCUT2D eigenvalue weighted by Gasteiger charge is -2.06. The standard InChI is InChI=1S/C17H16N4O2/c1-12(14-3-2-4-15(19)9-14)20-21-17(22)11-23-16-7-5-13(10-18)6-8-16/h2-9H,11,19H2,1H3,(H,21,22)/b20-12-. The molecule has 2 rings (SSSR count). The number of carbonyl (C=O) groups excluding carboxylic acids is 1. The Morgan fingerprint density at radius 1 is 1.30 bits per heavy atom. The van der Waals surface area contributed by atoms with Gasteiger partial charge in [0, 0.05) is 5.69 Å². The zero-order valence-electron chi connectivity index (χ0n) is 12.6. The summed E-state index contributed by atoms with van der Waals surface area (Å²) in [7, 11) is 0. The van der Waals surface area contributed by atoms with Gasteiger partial charge in [-0.25, -0.2) is 5.43 Å². The van der Waals surface area contributed by atoms with Crippen LogP contribution in [0.4, 0.5) is 5.69 Å². The molecule has 0 saturated heterocycles. The number of nitrogens with one attached hydrogen (secondary N) is 1. The number of nitrogens with two attached hydrogens (primary N) is 1. The van der Waals surface area contributed by atoms with Crippen LogP contribution in [0.15, 0.2) is 53.6 Å². The normalized spacial score (nSPS) is 10.7. The molecule has 6 nitrogen and oxygen atoms in total. The second kappa shape index (κ2) is 7.61. The average molecular weight is 308 g/mol. The van der Waals surface area contributed by atoms with Gasteiger partial charge in [0.25, 0.3) is 5.91 Å². The van der Waals surface area contributed by atoms with E-state index in [1.807, 2.05) is 18.2 Å². The van der Waals surface area contributed by atoms with Crippen LogP contribution in [0, 0.1) is 11.3 Å². The Hall–Kier alpha value is -3.33. The minimum absolute atomic E-state index is 0.167. The lowest BCUT2D eigenvalue weighted by molar-refractivity contribution is -0.123. The van der Waals surface area contributed by atoms with E-state index in [4.69, 9.17) is 15.7 Å². The van der Waals surface area contributed by atoms with Crippen LogP contribution in [0.2, 0.25) is 0 Å². The van der Waals surface area contributed by atoms with Gasteiger partial charge in [0.05, 0.1) is 17.3 Å². The molecular weight excluding hydrogens is 292 g/mol. The van der Waals surface area contributed by atoms with Crippen LogP contribution in [0.1, 0.15) is 18.1 Å². The highest BCUT2D eigenvalue weighted by Crippen LogP contribution is 2.11. The van der Waals surface area contributed by atoms with Gasteiger partial charge in [0.1, 0.15) is 5.75 Å². The minimum Gasteiger partial charge on any atom is -0.484 e. The molecule has 116 valence electrons. The van der Waals surface area contributed by atoms with E-state index in [-0.39, 0.29) is 12.5 Å². The van der Waals surface area contributed by atoms with Crippen LogP contribution in [0.3, 0.4) is 0 Å². The number of nitrogens with zero attached hydrogens (tertiary/aromatic N) is 2. The highest BCUT2D eigenvalue weighted by atomic mass is 16.5. The summed E-state index contributed by atoms with van der Waals surface area (Å²) in [5.74, 6) is 0.133. The molecule has 0 unspecified atom stereocenters. The summed E-state index contributed by atoms with van der Waals surface area (Å²) in [6.45, 7) is 1.61. The third-order valence-electron chi connectivity index (χ3n) is 3.01. The van der Waals surface area contributed by atoms with Gasteiger partial charge in [-0.05, 0) is 48.9 Å². The number of benzene rings is 2. The van der Waals surface area contributed by atoms with Crippen molar-refractivity contribution in [2.24, 2.45) is 5.10 Å². The van der Waals surface area contributed by atoms with Crippen LogP contribution in [-0.4, -0.2) is 18.2 Å². The number of nitriles is 1. The lowest BCUT2D eigenvalue weighted by atomic mass is 10.1.